The van der Waals surface area contributed by atoms with Crippen LogP contribution in [0.2, 0.25) is 5.02 Å². The Labute approximate surface area is 143 Å². The van der Waals surface area contributed by atoms with Gasteiger partial charge in [0.15, 0.2) is 0 Å². The van der Waals surface area contributed by atoms with Crippen LogP contribution in [-0.4, -0.2) is 23.5 Å². The largest absolute Gasteiger partial charge is 0.338 e. The molecule has 1 N–H and O–H groups in total. The van der Waals surface area contributed by atoms with Crippen molar-refractivity contribution in [3.05, 3.63) is 70.7 Å². The Balaban J connectivity index is 1.87. The lowest BCUT2D eigenvalue weighted by Crippen LogP contribution is -2.44. The highest BCUT2D eigenvalue weighted by Crippen LogP contribution is 2.10. The molecular formula is C19H23ClN2O. The van der Waals surface area contributed by atoms with Gasteiger partial charge in [0, 0.05) is 24.2 Å². The molecule has 2 aromatic carbocycles. The van der Waals surface area contributed by atoms with Crippen molar-refractivity contribution < 1.29 is 4.79 Å². The fourth-order valence-electron chi connectivity index (χ4n) is 2.34. The molecule has 0 aromatic heterocycles. The third-order valence-electron chi connectivity index (χ3n) is 3.68. The molecule has 0 aliphatic heterocycles. The van der Waals surface area contributed by atoms with Crippen LogP contribution in [0.25, 0.3) is 0 Å². The molecule has 122 valence electrons. The molecule has 2 rings (SSSR count). The van der Waals surface area contributed by atoms with Gasteiger partial charge in [0.25, 0.3) is 0 Å². The summed E-state index contributed by atoms with van der Waals surface area (Å²) in [5.41, 5.74) is 2.29. The van der Waals surface area contributed by atoms with Crippen LogP contribution in [0.5, 0.6) is 0 Å². The van der Waals surface area contributed by atoms with E-state index in [1.165, 1.54) is 0 Å². The molecule has 0 radical (unpaired) electrons. The number of nitrogens with one attached hydrogen (secondary N) is 1. The Bertz CT molecular complexity index is 611. The van der Waals surface area contributed by atoms with Crippen molar-refractivity contribution in [2.75, 3.05) is 6.54 Å². The predicted octanol–water partition coefficient (Wildman–Crippen LogP) is 4.50. The van der Waals surface area contributed by atoms with Gasteiger partial charge in [0.2, 0.25) is 0 Å². The zero-order valence-electron chi connectivity index (χ0n) is 13.6. The van der Waals surface area contributed by atoms with Crippen molar-refractivity contribution in [3.63, 3.8) is 0 Å². The predicted molar refractivity (Wildman–Crippen MR) is 95.7 cm³/mol. The molecule has 0 fully saturated rings. The molecule has 0 saturated heterocycles. The number of amides is 2. The fraction of sp³-hybridized carbons (Fsp3) is 0.316. The third-order valence-corrected chi connectivity index (χ3v) is 3.94. The van der Waals surface area contributed by atoms with E-state index in [0.717, 1.165) is 22.6 Å². The van der Waals surface area contributed by atoms with Gasteiger partial charge in [-0.15, -0.1) is 0 Å². The molecule has 2 amide bonds. The van der Waals surface area contributed by atoms with E-state index in [1.54, 1.807) is 0 Å². The van der Waals surface area contributed by atoms with Gasteiger partial charge < -0.3 is 10.2 Å². The van der Waals surface area contributed by atoms with Gasteiger partial charge in [-0.05, 0) is 43.5 Å². The summed E-state index contributed by atoms with van der Waals surface area (Å²) >= 11 is 5.87. The number of hydrogen-bond acceptors (Lipinski definition) is 1. The summed E-state index contributed by atoms with van der Waals surface area (Å²) in [5.74, 6) is 0. The minimum atomic E-state index is -0.0298. The summed E-state index contributed by atoms with van der Waals surface area (Å²) in [6.07, 6.45) is 0.792. The first-order valence-corrected chi connectivity index (χ1v) is 8.27. The van der Waals surface area contributed by atoms with Gasteiger partial charge in [0.05, 0.1) is 0 Å². The van der Waals surface area contributed by atoms with E-state index >= 15 is 0 Å². The first-order chi connectivity index (χ1) is 11.1. The number of benzene rings is 2. The van der Waals surface area contributed by atoms with E-state index in [1.807, 2.05) is 73.3 Å². The first kappa shape index (κ1) is 17.4. The van der Waals surface area contributed by atoms with E-state index in [0.29, 0.717) is 13.1 Å². The standard InChI is InChI=1S/C19H23ClN2O/c1-15(2)22(14-17-6-4-3-5-7-17)19(23)21-13-12-16-8-10-18(20)11-9-16/h3-11,15H,12-14H2,1-2H3,(H,21,23). The van der Waals surface area contributed by atoms with Crippen molar-refractivity contribution in [3.8, 4) is 0 Å². The normalized spacial score (nSPS) is 10.6. The van der Waals surface area contributed by atoms with E-state index in [4.69, 9.17) is 11.6 Å². The number of urea groups is 1. The molecule has 0 atom stereocenters. The second-order valence-electron chi connectivity index (χ2n) is 5.82. The molecule has 0 aliphatic carbocycles. The fourth-order valence-corrected chi connectivity index (χ4v) is 2.46. The Kier molecular flexibility index (Phi) is 6.48. The molecule has 23 heavy (non-hydrogen) atoms. The quantitative estimate of drug-likeness (QED) is 0.830. The van der Waals surface area contributed by atoms with Crippen LogP contribution in [0, 0.1) is 0 Å². The average molecular weight is 331 g/mol. The van der Waals surface area contributed by atoms with Crippen molar-refractivity contribution in [1.29, 1.82) is 0 Å². The summed E-state index contributed by atoms with van der Waals surface area (Å²) in [4.78, 5) is 14.3. The van der Waals surface area contributed by atoms with Gasteiger partial charge in [-0.25, -0.2) is 4.79 Å². The lowest BCUT2D eigenvalue weighted by Gasteiger charge is -2.27. The number of nitrogens with zero attached hydrogens (tertiary/aromatic N) is 1. The zero-order chi connectivity index (χ0) is 16.7. The number of hydrogen-bond donors (Lipinski definition) is 1. The van der Waals surface area contributed by atoms with Gasteiger partial charge >= 0.3 is 6.03 Å². The highest BCUT2D eigenvalue weighted by molar-refractivity contribution is 6.30. The first-order valence-electron chi connectivity index (χ1n) is 7.89. The summed E-state index contributed by atoms with van der Waals surface area (Å²) in [5, 5.41) is 3.73. The Morgan fingerprint density at radius 1 is 1.04 bits per heavy atom. The lowest BCUT2D eigenvalue weighted by atomic mass is 10.1. The minimum Gasteiger partial charge on any atom is -0.338 e. The van der Waals surface area contributed by atoms with E-state index in [2.05, 4.69) is 5.32 Å². The molecule has 0 heterocycles. The molecule has 3 nitrogen and oxygen atoms in total. The molecule has 0 bridgehead atoms. The summed E-state index contributed by atoms with van der Waals surface area (Å²) < 4.78 is 0. The zero-order valence-corrected chi connectivity index (χ0v) is 14.4. The molecular weight excluding hydrogens is 308 g/mol. The second-order valence-corrected chi connectivity index (χ2v) is 6.25. The van der Waals surface area contributed by atoms with Crippen LogP contribution in [0.15, 0.2) is 54.6 Å². The maximum Gasteiger partial charge on any atom is 0.317 e. The van der Waals surface area contributed by atoms with Crippen LogP contribution in [0.1, 0.15) is 25.0 Å². The second kappa shape index (κ2) is 8.59. The Hall–Kier alpha value is -2.00. The van der Waals surface area contributed by atoms with Gasteiger partial charge in [0.1, 0.15) is 0 Å². The van der Waals surface area contributed by atoms with Crippen molar-refractivity contribution in [2.45, 2.75) is 32.9 Å². The smallest absolute Gasteiger partial charge is 0.317 e. The summed E-state index contributed by atoms with van der Waals surface area (Å²) in [7, 11) is 0. The molecule has 0 aliphatic rings. The van der Waals surface area contributed by atoms with Gasteiger partial charge in [-0.1, -0.05) is 54.1 Å². The molecule has 2 aromatic rings. The molecule has 0 unspecified atom stereocenters. The van der Waals surface area contributed by atoms with Crippen LogP contribution in [-0.2, 0) is 13.0 Å². The third kappa shape index (κ3) is 5.61. The van der Waals surface area contributed by atoms with Crippen LogP contribution in [0.4, 0.5) is 4.79 Å². The highest BCUT2D eigenvalue weighted by Gasteiger charge is 2.16. The van der Waals surface area contributed by atoms with Crippen LogP contribution < -0.4 is 5.32 Å². The summed E-state index contributed by atoms with van der Waals surface area (Å²) in [6.45, 7) is 5.28. The maximum absolute atomic E-state index is 12.4. The highest BCUT2D eigenvalue weighted by atomic mass is 35.5. The van der Waals surface area contributed by atoms with Crippen LogP contribution in [0.3, 0.4) is 0 Å². The monoisotopic (exact) mass is 330 g/mol. The van der Waals surface area contributed by atoms with Crippen molar-refractivity contribution in [1.82, 2.24) is 10.2 Å². The van der Waals surface area contributed by atoms with Gasteiger partial charge in [-0.3, -0.25) is 0 Å². The Morgan fingerprint density at radius 3 is 2.30 bits per heavy atom. The SMILES string of the molecule is CC(C)N(Cc1ccccc1)C(=O)NCCc1ccc(Cl)cc1. The number of carbonyl (C=O) groups excluding carboxylic acids is 1. The molecule has 0 saturated carbocycles. The summed E-state index contributed by atoms with van der Waals surface area (Å²) in [6, 6.07) is 17.9. The van der Waals surface area contributed by atoms with E-state index < -0.39 is 0 Å². The van der Waals surface area contributed by atoms with E-state index in [9.17, 15) is 4.79 Å². The van der Waals surface area contributed by atoms with Crippen molar-refractivity contribution >= 4 is 17.6 Å². The molecule has 0 spiro atoms. The average Bonchev–Trinajstić information content (AvgIpc) is 2.55. The minimum absolute atomic E-state index is 0.0298. The maximum atomic E-state index is 12.4. The lowest BCUT2D eigenvalue weighted by molar-refractivity contribution is 0.180. The number of halogens is 1. The number of rotatable bonds is 6. The van der Waals surface area contributed by atoms with Crippen LogP contribution >= 0.6 is 11.6 Å². The number of carbonyl (C=O) groups is 1. The van der Waals surface area contributed by atoms with Crippen molar-refractivity contribution in [2.24, 2.45) is 0 Å². The Morgan fingerprint density at radius 2 is 1.70 bits per heavy atom. The topological polar surface area (TPSA) is 32.3 Å². The van der Waals surface area contributed by atoms with E-state index in [-0.39, 0.29) is 12.1 Å². The van der Waals surface area contributed by atoms with Gasteiger partial charge in [-0.2, -0.15) is 0 Å². The molecule has 4 heteroatoms.